The summed E-state index contributed by atoms with van der Waals surface area (Å²) in [7, 11) is 3.04. The predicted octanol–water partition coefficient (Wildman–Crippen LogP) is 4.38. The van der Waals surface area contributed by atoms with Gasteiger partial charge in [-0.2, -0.15) is 18.2 Å². The molecule has 4 rings (SSSR count). The molecule has 1 unspecified atom stereocenters. The number of hydrogen-bond donors (Lipinski definition) is 2. The molecular formula is C21H21F3N6O2. The normalized spacial score (nSPS) is 12.8. The molecule has 32 heavy (non-hydrogen) atoms. The summed E-state index contributed by atoms with van der Waals surface area (Å²) in [5.41, 5.74) is 6.01. The first-order valence-corrected chi connectivity index (χ1v) is 9.64. The molecule has 0 aliphatic heterocycles. The van der Waals surface area contributed by atoms with Crippen molar-refractivity contribution in [1.82, 2.24) is 19.6 Å². The third-order valence-electron chi connectivity index (χ3n) is 5.18. The minimum Gasteiger partial charge on any atom is -0.493 e. The van der Waals surface area contributed by atoms with Crippen LogP contribution in [0, 0.1) is 6.92 Å². The minimum absolute atomic E-state index is 0.0243. The lowest BCUT2D eigenvalue weighted by Crippen LogP contribution is -2.13. The molecular weight excluding hydrogens is 425 g/mol. The Balaban J connectivity index is 1.86. The van der Waals surface area contributed by atoms with Crippen LogP contribution in [0.2, 0.25) is 0 Å². The Labute approximate surface area is 181 Å². The Morgan fingerprint density at radius 3 is 2.38 bits per heavy atom. The molecule has 2 aromatic carbocycles. The Bertz CT molecular complexity index is 1320. The number of fused-ring (bicyclic) bond motifs is 3. The number of nitrogens with zero attached hydrogens (tertiary/aromatic N) is 4. The fourth-order valence-corrected chi connectivity index (χ4v) is 3.60. The zero-order valence-electron chi connectivity index (χ0n) is 17.8. The van der Waals surface area contributed by atoms with E-state index in [1.165, 1.54) is 20.3 Å². The predicted molar refractivity (Wildman–Crippen MR) is 114 cm³/mol. The number of aromatic nitrogens is 4. The Hall–Kier alpha value is -3.76. The maximum atomic E-state index is 13.2. The first kappa shape index (κ1) is 21.5. The zero-order chi connectivity index (χ0) is 23.2. The van der Waals surface area contributed by atoms with E-state index in [0.29, 0.717) is 45.4 Å². The largest absolute Gasteiger partial charge is 0.493 e. The summed E-state index contributed by atoms with van der Waals surface area (Å²) >= 11 is 0. The summed E-state index contributed by atoms with van der Waals surface area (Å²) in [6.07, 6.45) is -4.50. The Morgan fingerprint density at radius 2 is 1.72 bits per heavy atom. The van der Waals surface area contributed by atoms with E-state index in [2.05, 4.69) is 20.5 Å². The second-order valence-electron chi connectivity index (χ2n) is 7.32. The molecule has 3 N–H and O–H groups in total. The lowest BCUT2D eigenvalue weighted by atomic mass is 10.0. The van der Waals surface area contributed by atoms with Gasteiger partial charge in [0.2, 0.25) is 0 Å². The van der Waals surface area contributed by atoms with Gasteiger partial charge in [-0.15, -0.1) is 10.2 Å². The number of benzene rings is 2. The van der Waals surface area contributed by atoms with Gasteiger partial charge in [-0.1, -0.05) is 0 Å². The molecule has 11 heteroatoms. The van der Waals surface area contributed by atoms with Gasteiger partial charge in [-0.3, -0.25) is 4.40 Å². The summed E-state index contributed by atoms with van der Waals surface area (Å²) in [6.45, 7) is 3.52. The highest BCUT2D eigenvalue weighted by Gasteiger charge is 2.31. The van der Waals surface area contributed by atoms with Crippen LogP contribution in [0.1, 0.15) is 29.9 Å². The maximum Gasteiger partial charge on any atom is 0.416 e. The third-order valence-corrected chi connectivity index (χ3v) is 5.18. The van der Waals surface area contributed by atoms with Gasteiger partial charge >= 0.3 is 6.18 Å². The number of methoxy groups -OCH3 is 2. The molecule has 0 saturated carbocycles. The smallest absolute Gasteiger partial charge is 0.416 e. The second kappa shape index (κ2) is 7.74. The first-order chi connectivity index (χ1) is 15.1. The molecule has 0 aliphatic carbocycles. The fraction of sp³-hybridized carbons (Fsp3) is 0.286. The molecule has 168 valence electrons. The van der Waals surface area contributed by atoms with Crippen molar-refractivity contribution in [2.24, 2.45) is 0 Å². The van der Waals surface area contributed by atoms with Crippen LogP contribution >= 0.6 is 0 Å². The summed E-state index contributed by atoms with van der Waals surface area (Å²) in [5.74, 6) is 2.34. The monoisotopic (exact) mass is 446 g/mol. The van der Waals surface area contributed by atoms with Gasteiger partial charge in [0, 0.05) is 17.1 Å². The van der Waals surface area contributed by atoms with Gasteiger partial charge in [0.05, 0.1) is 31.3 Å². The highest BCUT2D eigenvalue weighted by molar-refractivity contribution is 5.94. The fourth-order valence-electron chi connectivity index (χ4n) is 3.60. The lowest BCUT2D eigenvalue weighted by molar-refractivity contribution is -0.137. The molecule has 2 heterocycles. The van der Waals surface area contributed by atoms with Crippen molar-refractivity contribution in [2.45, 2.75) is 26.1 Å². The molecule has 0 amide bonds. The number of anilines is 2. The second-order valence-corrected chi connectivity index (χ2v) is 7.32. The van der Waals surface area contributed by atoms with Crippen LogP contribution in [0.3, 0.4) is 0 Å². The van der Waals surface area contributed by atoms with Crippen molar-refractivity contribution >= 4 is 28.2 Å². The number of nitrogens with two attached hydrogens (primary N) is 1. The van der Waals surface area contributed by atoms with Crippen molar-refractivity contribution in [1.29, 1.82) is 0 Å². The van der Waals surface area contributed by atoms with E-state index in [1.54, 1.807) is 30.4 Å². The van der Waals surface area contributed by atoms with Crippen LogP contribution in [-0.2, 0) is 6.18 Å². The van der Waals surface area contributed by atoms with E-state index in [9.17, 15) is 13.2 Å². The van der Waals surface area contributed by atoms with E-state index in [0.717, 1.165) is 12.1 Å². The number of halogens is 3. The van der Waals surface area contributed by atoms with Gasteiger partial charge in [0.25, 0.3) is 5.78 Å². The summed E-state index contributed by atoms with van der Waals surface area (Å²) in [4.78, 5) is 4.54. The van der Waals surface area contributed by atoms with Crippen LogP contribution in [0.5, 0.6) is 11.5 Å². The molecule has 2 aromatic heterocycles. The zero-order valence-corrected chi connectivity index (χ0v) is 17.8. The van der Waals surface area contributed by atoms with Crippen LogP contribution in [0.15, 0.2) is 30.3 Å². The van der Waals surface area contributed by atoms with Crippen LogP contribution in [0.25, 0.3) is 16.7 Å². The molecule has 0 spiro atoms. The van der Waals surface area contributed by atoms with E-state index < -0.39 is 17.8 Å². The van der Waals surface area contributed by atoms with E-state index in [4.69, 9.17) is 15.2 Å². The average Bonchev–Trinajstić information content (AvgIpc) is 3.12. The quantitative estimate of drug-likeness (QED) is 0.439. The Kier molecular flexibility index (Phi) is 5.19. The number of nitrogen functional groups attached to an aromatic ring is 1. The van der Waals surface area contributed by atoms with Gasteiger partial charge in [-0.25, -0.2) is 0 Å². The molecule has 1 atom stereocenters. The molecule has 0 saturated heterocycles. The molecule has 0 fully saturated rings. The standard InChI is InChI=1S/C21H21F3N6O2/c1-10(12-5-13(21(22,23)24)7-14(25)6-12)26-19-15-8-17(31-3)18(32-4)9-16(15)30-11(2)28-29-20(30)27-19/h5-10H,25H2,1-4H3,(H,26,27,29). The van der Waals surface area contributed by atoms with Crippen molar-refractivity contribution < 1.29 is 22.6 Å². The number of rotatable bonds is 5. The van der Waals surface area contributed by atoms with Crippen LogP contribution in [0.4, 0.5) is 24.7 Å². The number of ether oxygens (including phenoxy) is 2. The van der Waals surface area contributed by atoms with E-state index in [-0.39, 0.29) is 5.69 Å². The van der Waals surface area contributed by atoms with Gasteiger partial charge in [-0.05, 0) is 43.7 Å². The molecule has 0 aliphatic rings. The van der Waals surface area contributed by atoms with Gasteiger partial charge in [0.15, 0.2) is 11.5 Å². The van der Waals surface area contributed by atoms with E-state index in [1.807, 2.05) is 0 Å². The molecule has 4 aromatic rings. The number of hydrogen-bond acceptors (Lipinski definition) is 7. The van der Waals surface area contributed by atoms with Crippen LogP contribution in [-0.4, -0.2) is 33.8 Å². The maximum absolute atomic E-state index is 13.2. The van der Waals surface area contributed by atoms with Gasteiger partial charge in [0.1, 0.15) is 11.6 Å². The average molecular weight is 446 g/mol. The first-order valence-electron chi connectivity index (χ1n) is 9.64. The van der Waals surface area contributed by atoms with Crippen molar-refractivity contribution in [3.05, 3.63) is 47.3 Å². The van der Waals surface area contributed by atoms with Crippen molar-refractivity contribution in [2.75, 3.05) is 25.3 Å². The summed E-state index contributed by atoms with van der Waals surface area (Å²) < 4.78 is 52.3. The molecule has 8 nitrogen and oxygen atoms in total. The molecule has 0 bridgehead atoms. The highest BCUT2D eigenvalue weighted by atomic mass is 19.4. The number of aryl methyl sites for hydroxylation is 1. The highest BCUT2D eigenvalue weighted by Crippen LogP contribution is 2.37. The summed E-state index contributed by atoms with van der Waals surface area (Å²) in [6, 6.07) is 6.45. The van der Waals surface area contributed by atoms with E-state index >= 15 is 0 Å². The number of nitrogens with one attached hydrogen (secondary N) is 1. The minimum atomic E-state index is -4.50. The molecule has 0 radical (unpaired) electrons. The van der Waals surface area contributed by atoms with Gasteiger partial charge < -0.3 is 20.5 Å². The van der Waals surface area contributed by atoms with Crippen LogP contribution < -0.4 is 20.5 Å². The topological polar surface area (TPSA) is 99.6 Å². The lowest BCUT2D eigenvalue weighted by Gasteiger charge is -2.20. The van der Waals surface area contributed by atoms with Crippen molar-refractivity contribution in [3.63, 3.8) is 0 Å². The SMILES string of the molecule is COc1cc2c(NC(C)c3cc(N)cc(C(F)(F)F)c3)nc3nnc(C)n3c2cc1OC. The third kappa shape index (κ3) is 3.70. The number of alkyl halides is 3. The summed E-state index contributed by atoms with van der Waals surface area (Å²) in [5, 5.41) is 12.0. The Morgan fingerprint density at radius 1 is 1.03 bits per heavy atom. The van der Waals surface area contributed by atoms with Crippen molar-refractivity contribution in [3.8, 4) is 11.5 Å².